The summed E-state index contributed by atoms with van der Waals surface area (Å²) in [5.41, 5.74) is 1.15. The van der Waals surface area contributed by atoms with Gasteiger partial charge in [0.2, 0.25) is 0 Å². The minimum atomic E-state index is 0.777. The Labute approximate surface area is 168 Å². The molecular formula is C20H34ClN5O. The van der Waals surface area contributed by atoms with Gasteiger partial charge in [-0.25, -0.2) is 0 Å². The van der Waals surface area contributed by atoms with Crippen LogP contribution in [0.4, 0.5) is 5.69 Å². The van der Waals surface area contributed by atoms with Crippen molar-refractivity contribution < 1.29 is 4.74 Å². The highest BCUT2D eigenvalue weighted by Gasteiger charge is 2.18. The lowest BCUT2D eigenvalue weighted by atomic mass is 10.2. The number of anilines is 1. The summed E-state index contributed by atoms with van der Waals surface area (Å²) in [6.45, 7) is 10.7. The molecule has 152 valence electrons. The predicted molar refractivity (Wildman–Crippen MR) is 115 cm³/mol. The smallest absolute Gasteiger partial charge is 0.190 e. The Bertz CT molecular complexity index is 561. The fourth-order valence-corrected chi connectivity index (χ4v) is 3.43. The zero-order valence-corrected chi connectivity index (χ0v) is 17.5. The van der Waals surface area contributed by atoms with E-state index < -0.39 is 0 Å². The van der Waals surface area contributed by atoms with Gasteiger partial charge in [0, 0.05) is 59.5 Å². The molecule has 2 rings (SSSR count). The summed E-state index contributed by atoms with van der Waals surface area (Å²) in [6, 6.07) is 8.11. The van der Waals surface area contributed by atoms with E-state index in [1.54, 1.807) is 0 Å². The largest absolute Gasteiger partial charge is 0.382 e. The maximum absolute atomic E-state index is 6.31. The van der Waals surface area contributed by atoms with Crippen molar-refractivity contribution >= 4 is 23.2 Å². The van der Waals surface area contributed by atoms with Crippen LogP contribution in [-0.2, 0) is 4.74 Å². The summed E-state index contributed by atoms with van der Waals surface area (Å²) in [6.07, 6.45) is 2.09. The van der Waals surface area contributed by atoms with Crippen molar-refractivity contribution in [3.63, 3.8) is 0 Å². The zero-order chi connectivity index (χ0) is 19.3. The van der Waals surface area contributed by atoms with Gasteiger partial charge >= 0.3 is 0 Å². The van der Waals surface area contributed by atoms with Gasteiger partial charge in [0.1, 0.15) is 0 Å². The lowest BCUT2D eigenvalue weighted by Crippen LogP contribution is -2.47. The average Bonchev–Trinajstić information content (AvgIpc) is 2.70. The maximum atomic E-state index is 6.31. The number of hydrogen-bond donors (Lipinski definition) is 2. The van der Waals surface area contributed by atoms with Crippen LogP contribution in [0.2, 0.25) is 5.02 Å². The summed E-state index contributed by atoms with van der Waals surface area (Å²) in [5, 5.41) is 7.55. The van der Waals surface area contributed by atoms with Gasteiger partial charge in [0.25, 0.3) is 0 Å². The van der Waals surface area contributed by atoms with Crippen LogP contribution in [0, 0.1) is 0 Å². The standard InChI is InChI=1S/C20H34ClN5O/c1-3-27-17-7-11-24-20(22-2)23-10-6-12-25-13-15-26(16-14-25)19-9-5-4-8-18(19)21/h4-5,8-9H,3,6-7,10-17H2,1-2H3,(H2,22,23,24). The molecule has 1 fully saturated rings. The number of para-hydroxylation sites is 1. The highest BCUT2D eigenvalue weighted by molar-refractivity contribution is 6.33. The third-order valence-corrected chi connectivity index (χ3v) is 5.01. The van der Waals surface area contributed by atoms with Gasteiger partial charge in [-0.3, -0.25) is 9.89 Å². The van der Waals surface area contributed by atoms with E-state index in [0.29, 0.717) is 0 Å². The molecule has 0 radical (unpaired) electrons. The van der Waals surface area contributed by atoms with Crippen molar-refractivity contribution in [2.24, 2.45) is 4.99 Å². The second kappa shape index (κ2) is 12.8. The van der Waals surface area contributed by atoms with Crippen molar-refractivity contribution in [2.45, 2.75) is 19.8 Å². The number of benzene rings is 1. The Morgan fingerprint density at radius 2 is 1.81 bits per heavy atom. The first kappa shape index (κ1) is 21.8. The number of rotatable bonds is 10. The van der Waals surface area contributed by atoms with Crippen LogP contribution < -0.4 is 15.5 Å². The van der Waals surface area contributed by atoms with Gasteiger partial charge in [0.05, 0.1) is 10.7 Å². The summed E-state index contributed by atoms with van der Waals surface area (Å²) in [5.74, 6) is 0.870. The minimum absolute atomic E-state index is 0.777. The van der Waals surface area contributed by atoms with E-state index >= 15 is 0 Å². The molecule has 0 bridgehead atoms. The predicted octanol–water partition coefficient (Wildman–Crippen LogP) is 2.44. The third-order valence-electron chi connectivity index (χ3n) is 4.69. The van der Waals surface area contributed by atoms with E-state index in [-0.39, 0.29) is 0 Å². The number of piperazine rings is 1. The SMILES string of the molecule is CCOCCCNC(=NC)NCCCN1CCN(c2ccccc2Cl)CC1. The van der Waals surface area contributed by atoms with E-state index in [9.17, 15) is 0 Å². The molecule has 0 aliphatic carbocycles. The number of hydrogen-bond acceptors (Lipinski definition) is 4. The molecule has 27 heavy (non-hydrogen) atoms. The maximum Gasteiger partial charge on any atom is 0.190 e. The Hall–Kier alpha value is -1.50. The van der Waals surface area contributed by atoms with Crippen LogP contribution in [0.25, 0.3) is 0 Å². The summed E-state index contributed by atoms with van der Waals surface area (Å²) < 4.78 is 5.34. The Balaban J connectivity index is 1.57. The first-order valence-electron chi connectivity index (χ1n) is 9.98. The van der Waals surface area contributed by atoms with Crippen molar-refractivity contribution in [1.29, 1.82) is 0 Å². The summed E-state index contributed by atoms with van der Waals surface area (Å²) in [7, 11) is 1.81. The Kier molecular flexibility index (Phi) is 10.3. The molecule has 0 saturated carbocycles. The number of guanidine groups is 1. The molecule has 1 aromatic carbocycles. The molecule has 0 amide bonds. The Morgan fingerprint density at radius 3 is 2.48 bits per heavy atom. The number of aliphatic imine (C=N–C) groups is 1. The molecule has 0 atom stereocenters. The molecule has 1 aliphatic heterocycles. The molecule has 0 spiro atoms. The van der Waals surface area contributed by atoms with Gasteiger partial charge in [-0.1, -0.05) is 23.7 Å². The van der Waals surface area contributed by atoms with Gasteiger partial charge in [-0.2, -0.15) is 0 Å². The van der Waals surface area contributed by atoms with Crippen molar-refractivity contribution in [2.75, 3.05) is 71.0 Å². The fourth-order valence-electron chi connectivity index (χ4n) is 3.18. The number of ether oxygens (including phenoxy) is 1. The molecule has 0 unspecified atom stereocenters. The van der Waals surface area contributed by atoms with Crippen LogP contribution in [0.5, 0.6) is 0 Å². The third kappa shape index (κ3) is 7.95. The second-order valence-electron chi connectivity index (χ2n) is 6.61. The molecular weight excluding hydrogens is 362 g/mol. The molecule has 1 saturated heterocycles. The zero-order valence-electron chi connectivity index (χ0n) is 16.7. The average molecular weight is 396 g/mol. The van der Waals surface area contributed by atoms with Crippen LogP contribution in [0.3, 0.4) is 0 Å². The van der Waals surface area contributed by atoms with Crippen molar-refractivity contribution in [1.82, 2.24) is 15.5 Å². The lowest BCUT2D eigenvalue weighted by Gasteiger charge is -2.36. The topological polar surface area (TPSA) is 52.1 Å². The van der Waals surface area contributed by atoms with Gasteiger partial charge < -0.3 is 20.3 Å². The first-order chi connectivity index (χ1) is 13.2. The summed E-state index contributed by atoms with van der Waals surface area (Å²) in [4.78, 5) is 9.16. The van der Waals surface area contributed by atoms with E-state index in [2.05, 4.69) is 37.6 Å². The van der Waals surface area contributed by atoms with E-state index in [1.165, 1.54) is 0 Å². The first-order valence-corrected chi connectivity index (χ1v) is 10.4. The van der Waals surface area contributed by atoms with E-state index in [4.69, 9.17) is 16.3 Å². The van der Waals surface area contributed by atoms with Gasteiger partial charge in [0.15, 0.2) is 5.96 Å². The molecule has 1 heterocycles. The number of halogens is 1. The normalized spacial score (nSPS) is 15.8. The Morgan fingerprint density at radius 1 is 1.11 bits per heavy atom. The van der Waals surface area contributed by atoms with Crippen LogP contribution >= 0.6 is 11.6 Å². The van der Waals surface area contributed by atoms with Crippen molar-refractivity contribution in [3.05, 3.63) is 29.3 Å². The fraction of sp³-hybridized carbons (Fsp3) is 0.650. The highest BCUT2D eigenvalue weighted by atomic mass is 35.5. The van der Waals surface area contributed by atoms with E-state index in [1.807, 2.05) is 26.1 Å². The summed E-state index contributed by atoms with van der Waals surface area (Å²) >= 11 is 6.31. The molecule has 0 aromatic heterocycles. The molecule has 7 heteroatoms. The highest BCUT2D eigenvalue weighted by Crippen LogP contribution is 2.25. The number of nitrogens with zero attached hydrogens (tertiary/aromatic N) is 3. The number of nitrogens with one attached hydrogen (secondary N) is 2. The minimum Gasteiger partial charge on any atom is -0.382 e. The van der Waals surface area contributed by atoms with Crippen molar-refractivity contribution in [3.8, 4) is 0 Å². The molecule has 6 nitrogen and oxygen atoms in total. The quantitative estimate of drug-likeness (QED) is 0.362. The molecule has 1 aromatic rings. The van der Waals surface area contributed by atoms with Gasteiger partial charge in [-0.05, 0) is 38.4 Å². The van der Waals surface area contributed by atoms with Crippen LogP contribution in [0.1, 0.15) is 19.8 Å². The molecule has 1 aliphatic rings. The van der Waals surface area contributed by atoms with Gasteiger partial charge in [-0.15, -0.1) is 0 Å². The van der Waals surface area contributed by atoms with E-state index in [0.717, 1.165) is 88.5 Å². The lowest BCUT2D eigenvalue weighted by molar-refractivity contribution is 0.145. The van der Waals surface area contributed by atoms with Crippen LogP contribution in [-0.4, -0.2) is 76.9 Å². The monoisotopic (exact) mass is 395 g/mol. The molecule has 2 N–H and O–H groups in total. The second-order valence-corrected chi connectivity index (χ2v) is 7.02. The van der Waals surface area contributed by atoms with Crippen LogP contribution in [0.15, 0.2) is 29.3 Å².